The molecule has 0 amide bonds. The zero-order valence-corrected chi connectivity index (χ0v) is 22.2. The van der Waals surface area contributed by atoms with Crippen molar-refractivity contribution in [1.29, 1.82) is 0 Å². The normalized spacial score (nSPS) is 23.9. The van der Waals surface area contributed by atoms with Crippen molar-refractivity contribution in [3.05, 3.63) is 88.5 Å². The molecule has 3 saturated carbocycles. The van der Waals surface area contributed by atoms with E-state index < -0.39 is 0 Å². The first kappa shape index (κ1) is 24.9. The molecule has 2 aromatic carbocycles. The Kier molecular flexibility index (Phi) is 7.10. The van der Waals surface area contributed by atoms with Crippen LogP contribution in [0.15, 0.2) is 66.0 Å². The van der Waals surface area contributed by atoms with Gasteiger partial charge in [-0.15, -0.1) is 0 Å². The van der Waals surface area contributed by atoms with E-state index in [2.05, 4.69) is 52.5 Å². The van der Waals surface area contributed by atoms with E-state index in [0.29, 0.717) is 17.2 Å². The summed E-state index contributed by atoms with van der Waals surface area (Å²) in [5, 5.41) is 0. The van der Waals surface area contributed by atoms with Gasteiger partial charge in [-0.1, -0.05) is 44.9 Å². The Morgan fingerprint density at radius 1 is 1.17 bits per heavy atom. The molecule has 190 valence electrons. The Bertz CT molecular complexity index is 1190. The zero-order valence-electron chi connectivity index (χ0n) is 22.2. The maximum absolute atomic E-state index is 14.7. The van der Waals surface area contributed by atoms with E-state index in [0.717, 1.165) is 58.8 Å². The van der Waals surface area contributed by atoms with Gasteiger partial charge in [0.1, 0.15) is 23.9 Å². The highest BCUT2D eigenvalue weighted by Gasteiger charge is 2.46. The van der Waals surface area contributed by atoms with Gasteiger partial charge in [0, 0.05) is 5.56 Å². The Labute approximate surface area is 215 Å². The van der Waals surface area contributed by atoms with Crippen molar-refractivity contribution in [2.75, 3.05) is 6.61 Å². The van der Waals surface area contributed by atoms with Gasteiger partial charge in [0.25, 0.3) is 0 Å². The van der Waals surface area contributed by atoms with Crippen LogP contribution in [-0.4, -0.2) is 6.61 Å². The lowest BCUT2D eigenvalue weighted by atomic mass is 9.77. The number of hydrogen-bond acceptors (Lipinski definition) is 2. The van der Waals surface area contributed by atoms with Gasteiger partial charge in [0.15, 0.2) is 0 Å². The van der Waals surface area contributed by atoms with Crippen molar-refractivity contribution >= 4 is 0 Å². The molecule has 3 aliphatic carbocycles. The second kappa shape index (κ2) is 10.3. The Morgan fingerprint density at radius 2 is 1.92 bits per heavy atom. The van der Waals surface area contributed by atoms with Crippen LogP contribution < -0.4 is 4.74 Å². The second-order valence-corrected chi connectivity index (χ2v) is 11.2. The summed E-state index contributed by atoms with van der Waals surface area (Å²) < 4.78 is 26.8. The fourth-order valence-corrected chi connectivity index (χ4v) is 6.12. The third-order valence-corrected chi connectivity index (χ3v) is 8.54. The Morgan fingerprint density at radius 3 is 2.58 bits per heavy atom. The fourth-order valence-electron chi connectivity index (χ4n) is 6.12. The highest BCUT2D eigenvalue weighted by molar-refractivity contribution is 5.72. The van der Waals surface area contributed by atoms with Crippen molar-refractivity contribution < 1.29 is 13.9 Å². The van der Waals surface area contributed by atoms with Gasteiger partial charge in [0.2, 0.25) is 0 Å². The minimum Gasteiger partial charge on any atom is -0.493 e. The molecule has 0 aliphatic heterocycles. The van der Waals surface area contributed by atoms with E-state index in [9.17, 15) is 4.39 Å². The van der Waals surface area contributed by atoms with Crippen molar-refractivity contribution in [1.82, 2.24) is 0 Å². The lowest BCUT2D eigenvalue weighted by Gasteiger charge is -2.31. The van der Waals surface area contributed by atoms with Crippen LogP contribution >= 0.6 is 0 Å². The predicted molar refractivity (Wildman–Crippen MR) is 145 cm³/mol. The molecule has 5 rings (SSSR count). The number of aryl methyl sites for hydroxylation is 2. The summed E-state index contributed by atoms with van der Waals surface area (Å²) in [5.74, 6) is 4.20. The maximum Gasteiger partial charge on any atom is 0.129 e. The highest BCUT2D eigenvalue weighted by Crippen LogP contribution is 2.57. The topological polar surface area (TPSA) is 18.5 Å². The minimum atomic E-state index is -0.254. The summed E-state index contributed by atoms with van der Waals surface area (Å²) in [6, 6.07) is 9.52. The molecular formula is C33H39FO2. The Balaban J connectivity index is 1.26. The van der Waals surface area contributed by atoms with E-state index >= 15 is 0 Å². The quantitative estimate of drug-likeness (QED) is 0.330. The van der Waals surface area contributed by atoms with Gasteiger partial charge in [0.05, 0.1) is 6.61 Å². The first-order chi connectivity index (χ1) is 17.3. The molecule has 0 bridgehead atoms. The molecule has 0 spiro atoms. The van der Waals surface area contributed by atoms with Crippen LogP contribution in [0.2, 0.25) is 0 Å². The SMILES string of the molecule is C=C(/C=C1/CC2CC2/C1=C/C)OCc1cc(-c2c(C)cc(OCC(C)C3CCC3)cc2C)ccc1F. The largest absolute Gasteiger partial charge is 0.493 e. The predicted octanol–water partition coefficient (Wildman–Crippen LogP) is 8.87. The van der Waals surface area contributed by atoms with Gasteiger partial charge in [-0.3, -0.25) is 0 Å². The summed E-state index contributed by atoms with van der Waals surface area (Å²) in [5.41, 5.74) is 7.69. The van der Waals surface area contributed by atoms with E-state index in [-0.39, 0.29) is 12.4 Å². The maximum atomic E-state index is 14.7. The van der Waals surface area contributed by atoms with Crippen molar-refractivity contribution in [3.63, 3.8) is 0 Å². The van der Waals surface area contributed by atoms with Crippen LogP contribution in [0.1, 0.15) is 62.6 Å². The molecular weight excluding hydrogens is 447 g/mol. The van der Waals surface area contributed by atoms with Crippen molar-refractivity contribution in [2.45, 2.75) is 66.4 Å². The smallest absolute Gasteiger partial charge is 0.129 e. The van der Waals surface area contributed by atoms with E-state index in [1.165, 1.54) is 36.8 Å². The van der Waals surface area contributed by atoms with E-state index in [1.54, 1.807) is 6.07 Å². The number of hydrogen-bond donors (Lipinski definition) is 0. The summed E-state index contributed by atoms with van der Waals surface area (Å²) in [6.45, 7) is 13.6. The van der Waals surface area contributed by atoms with Gasteiger partial charge in [-0.25, -0.2) is 4.39 Å². The third-order valence-electron chi connectivity index (χ3n) is 8.54. The monoisotopic (exact) mass is 486 g/mol. The molecule has 0 saturated heterocycles. The summed E-state index contributed by atoms with van der Waals surface area (Å²) >= 11 is 0. The van der Waals surface area contributed by atoms with Gasteiger partial charge in [-0.2, -0.15) is 0 Å². The lowest BCUT2D eigenvalue weighted by Crippen LogP contribution is -2.24. The third kappa shape index (κ3) is 5.16. The molecule has 2 aromatic rings. The van der Waals surface area contributed by atoms with Crippen molar-refractivity contribution in [3.8, 4) is 16.9 Å². The molecule has 0 heterocycles. The van der Waals surface area contributed by atoms with Crippen LogP contribution in [0.4, 0.5) is 4.39 Å². The molecule has 3 heteroatoms. The van der Waals surface area contributed by atoms with E-state index in [4.69, 9.17) is 9.47 Å². The van der Waals surface area contributed by atoms with Crippen LogP contribution in [0, 0.1) is 43.3 Å². The molecule has 3 fully saturated rings. The molecule has 3 aliphatic rings. The van der Waals surface area contributed by atoms with E-state index in [1.807, 2.05) is 18.2 Å². The first-order valence-corrected chi connectivity index (χ1v) is 13.6. The van der Waals surface area contributed by atoms with Gasteiger partial charge in [-0.05, 0) is 121 Å². The van der Waals surface area contributed by atoms with Crippen LogP contribution in [-0.2, 0) is 11.3 Å². The summed E-state index contributed by atoms with van der Waals surface area (Å²) in [4.78, 5) is 0. The number of rotatable bonds is 9. The minimum absolute atomic E-state index is 0.165. The summed E-state index contributed by atoms with van der Waals surface area (Å²) in [6.07, 6.45) is 10.7. The zero-order chi connectivity index (χ0) is 25.4. The van der Waals surface area contributed by atoms with Crippen LogP contribution in [0.3, 0.4) is 0 Å². The summed E-state index contributed by atoms with van der Waals surface area (Å²) in [7, 11) is 0. The first-order valence-electron chi connectivity index (χ1n) is 13.6. The highest BCUT2D eigenvalue weighted by atomic mass is 19.1. The number of fused-ring (bicyclic) bond motifs is 1. The lowest BCUT2D eigenvalue weighted by molar-refractivity contribution is 0.149. The number of ether oxygens (including phenoxy) is 2. The van der Waals surface area contributed by atoms with Gasteiger partial charge < -0.3 is 9.47 Å². The standard InChI is InChI=1S/C33H39FO2/c1-6-30-26(16-27-17-31(27)30)14-23(5)35-19-28-15-25(10-11-32(28)34)33-20(2)12-29(13-21(33)3)36-18-22(4)24-8-7-9-24/h6,10-15,22,24,27,31H,5,7-9,16-19H2,1-4H3/b26-14-,30-6+. The average molecular weight is 487 g/mol. The molecule has 2 nitrogen and oxygen atoms in total. The van der Waals surface area contributed by atoms with Crippen LogP contribution in [0.5, 0.6) is 5.75 Å². The molecule has 36 heavy (non-hydrogen) atoms. The van der Waals surface area contributed by atoms with Crippen molar-refractivity contribution in [2.24, 2.45) is 23.7 Å². The van der Waals surface area contributed by atoms with Crippen LogP contribution in [0.25, 0.3) is 11.1 Å². The van der Waals surface area contributed by atoms with Gasteiger partial charge >= 0.3 is 0 Å². The molecule has 0 radical (unpaired) electrons. The number of halogens is 1. The fraction of sp³-hybridized carbons (Fsp3) is 0.455. The molecule has 0 aromatic heterocycles. The molecule has 0 N–H and O–H groups in total. The number of benzene rings is 2. The number of allylic oxidation sites excluding steroid dienone is 4. The molecule has 3 unspecified atom stereocenters. The Hall–Kier alpha value is -2.81. The average Bonchev–Trinajstić information content (AvgIpc) is 3.47. The second-order valence-electron chi connectivity index (χ2n) is 11.2. The molecule has 3 atom stereocenters.